The predicted molar refractivity (Wildman–Crippen MR) is 82.7 cm³/mol. The van der Waals surface area contributed by atoms with E-state index in [1.165, 1.54) is 31.2 Å². The summed E-state index contributed by atoms with van der Waals surface area (Å²) < 4.78 is 6.35. The molecule has 2 heteroatoms. The number of hydrogen-bond donors (Lipinski definition) is 1. The lowest BCUT2D eigenvalue weighted by atomic mass is 9.75. The number of ether oxygens (including phenoxy) is 1. The lowest BCUT2D eigenvalue weighted by Gasteiger charge is -2.49. The molecule has 0 bridgehead atoms. The Hall–Kier alpha value is -0.860. The van der Waals surface area contributed by atoms with Gasteiger partial charge in [0.1, 0.15) is 0 Å². The van der Waals surface area contributed by atoms with E-state index in [1.54, 1.807) is 0 Å². The highest BCUT2D eigenvalue weighted by molar-refractivity contribution is 5.20. The van der Waals surface area contributed by atoms with Crippen LogP contribution in [0.2, 0.25) is 0 Å². The van der Waals surface area contributed by atoms with Gasteiger partial charge in [0.05, 0.1) is 12.7 Å². The van der Waals surface area contributed by atoms with Gasteiger partial charge in [-0.3, -0.25) is 0 Å². The fourth-order valence-corrected chi connectivity index (χ4v) is 4.09. The molecular weight excluding hydrogens is 246 g/mol. The van der Waals surface area contributed by atoms with Crippen molar-refractivity contribution in [3.63, 3.8) is 0 Å². The van der Waals surface area contributed by atoms with Crippen molar-refractivity contribution in [1.29, 1.82) is 0 Å². The molecule has 20 heavy (non-hydrogen) atoms. The maximum Gasteiger partial charge on any atom is 0.0978 e. The number of morpholine rings is 1. The molecule has 1 aliphatic carbocycles. The van der Waals surface area contributed by atoms with Crippen molar-refractivity contribution in [1.82, 2.24) is 5.32 Å². The van der Waals surface area contributed by atoms with Gasteiger partial charge in [0.25, 0.3) is 0 Å². The molecule has 1 heterocycles. The topological polar surface area (TPSA) is 21.3 Å². The van der Waals surface area contributed by atoms with E-state index in [-0.39, 0.29) is 11.6 Å². The van der Waals surface area contributed by atoms with E-state index in [0.717, 1.165) is 18.9 Å². The minimum Gasteiger partial charge on any atom is -0.370 e. The van der Waals surface area contributed by atoms with Crippen LogP contribution in [0.3, 0.4) is 0 Å². The van der Waals surface area contributed by atoms with Gasteiger partial charge in [0.15, 0.2) is 0 Å². The second kappa shape index (κ2) is 5.87. The van der Waals surface area contributed by atoms with E-state index in [0.29, 0.717) is 6.04 Å². The Morgan fingerprint density at radius 2 is 2.10 bits per heavy atom. The standard InChI is InChI=1S/C18H27NO/c1-3-16-17(15-9-5-4-6-10-15)20-13-18(19-16)11-7-8-14(2)12-18/h4-6,9-10,14,16-17,19H,3,7-8,11-13H2,1-2H3. The van der Waals surface area contributed by atoms with Gasteiger partial charge in [0.2, 0.25) is 0 Å². The van der Waals surface area contributed by atoms with Gasteiger partial charge >= 0.3 is 0 Å². The average Bonchev–Trinajstić information content (AvgIpc) is 2.48. The summed E-state index contributed by atoms with van der Waals surface area (Å²) in [4.78, 5) is 0. The summed E-state index contributed by atoms with van der Waals surface area (Å²) in [5.41, 5.74) is 1.55. The van der Waals surface area contributed by atoms with Gasteiger partial charge in [-0.1, -0.05) is 57.0 Å². The molecule has 4 atom stereocenters. The molecule has 1 aromatic carbocycles. The smallest absolute Gasteiger partial charge is 0.0978 e. The molecule has 0 radical (unpaired) electrons. The van der Waals surface area contributed by atoms with Gasteiger partial charge in [-0.15, -0.1) is 0 Å². The van der Waals surface area contributed by atoms with Gasteiger partial charge in [-0.25, -0.2) is 0 Å². The fourth-order valence-electron chi connectivity index (χ4n) is 4.09. The van der Waals surface area contributed by atoms with Gasteiger partial charge < -0.3 is 10.1 Å². The van der Waals surface area contributed by atoms with Crippen molar-refractivity contribution >= 4 is 0 Å². The average molecular weight is 273 g/mol. The van der Waals surface area contributed by atoms with Gasteiger partial charge in [0, 0.05) is 11.6 Å². The normalized spacial score (nSPS) is 38.0. The highest BCUT2D eigenvalue weighted by Gasteiger charge is 2.42. The molecule has 2 nitrogen and oxygen atoms in total. The third-order valence-electron chi connectivity index (χ3n) is 5.06. The van der Waals surface area contributed by atoms with E-state index in [4.69, 9.17) is 4.74 Å². The van der Waals surface area contributed by atoms with Crippen LogP contribution in [-0.2, 0) is 4.74 Å². The van der Waals surface area contributed by atoms with Crippen LogP contribution in [0, 0.1) is 5.92 Å². The largest absolute Gasteiger partial charge is 0.370 e. The summed E-state index contributed by atoms with van der Waals surface area (Å²) in [7, 11) is 0. The molecule has 1 aromatic rings. The summed E-state index contributed by atoms with van der Waals surface area (Å²) in [6.07, 6.45) is 6.59. The second-order valence-corrected chi connectivity index (χ2v) is 6.78. The first-order valence-electron chi connectivity index (χ1n) is 8.17. The number of hydrogen-bond acceptors (Lipinski definition) is 2. The molecule has 1 saturated heterocycles. The Balaban J connectivity index is 1.76. The molecule has 110 valence electrons. The van der Waals surface area contributed by atoms with Crippen molar-refractivity contribution in [2.24, 2.45) is 5.92 Å². The Labute approximate surface area is 122 Å². The molecule has 2 aliphatic rings. The minimum absolute atomic E-state index is 0.212. The van der Waals surface area contributed by atoms with Crippen LogP contribution in [-0.4, -0.2) is 18.2 Å². The van der Waals surface area contributed by atoms with Crippen LogP contribution < -0.4 is 5.32 Å². The minimum atomic E-state index is 0.212. The number of benzene rings is 1. The summed E-state index contributed by atoms with van der Waals surface area (Å²) >= 11 is 0. The quantitative estimate of drug-likeness (QED) is 0.877. The first kappa shape index (κ1) is 14.1. The van der Waals surface area contributed by atoms with Crippen LogP contribution in [0.1, 0.15) is 57.6 Å². The predicted octanol–water partition coefficient (Wildman–Crippen LogP) is 4.08. The van der Waals surface area contributed by atoms with Crippen LogP contribution in [0.25, 0.3) is 0 Å². The maximum atomic E-state index is 6.35. The molecule has 0 amide bonds. The first-order chi connectivity index (χ1) is 9.72. The van der Waals surface area contributed by atoms with Crippen LogP contribution in [0.15, 0.2) is 30.3 Å². The fraction of sp³-hybridized carbons (Fsp3) is 0.667. The SMILES string of the molecule is CCC1NC2(CCCC(C)C2)COC1c1ccccc1. The third-order valence-corrected chi connectivity index (χ3v) is 5.06. The number of nitrogens with one attached hydrogen (secondary N) is 1. The zero-order chi connectivity index (χ0) is 14.0. The van der Waals surface area contributed by atoms with Crippen molar-refractivity contribution in [3.05, 3.63) is 35.9 Å². The molecule has 3 rings (SSSR count). The van der Waals surface area contributed by atoms with Crippen molar-refractivity contribution in [2.75, 3.05) is 6.61 Å². The molecule has 2 fully saturated rings. The molecular formula is C18H27NO. The monoisotopic (exact) mass is 273 g/mol. The van der Waals surface area contributed by atoms with E-state index >= 15 is 0 Å². The highest BCUT2D eigenvalue weighted by Crippen LogP contribution is 2.39. The van der Waals surface area contributed by atoms with Crippen molar-refractivity contribution < 1.29 is 4.74 Å². The van der Waals surface area contributed by atoms with Gasteiger partial charge in [-0.05, 0) is 30.7 Å². The first-order valence-corrected chi connectivity index (χ1v) is 8.17. The molecule has 1 spiro atoms. The number of rotatable bonds is 2. The van der Waals surface area contributed by atoms with E-state index in [1.807, 2.05) is 0 Å². The van der Waals surface area contributed by atoms with E-state index < -0.39 is 0 Å². The third kappa shape index (κ3) is 2.77. The summed E-state index contributed by atoms with van der Waals surface area (Å²) in [6.45, 7) is 5.52. The van der Waals surface area contributed by atoms with Crippen LogP contribution in [0.5, 0.6) is 0 Å². The van der Waals surface area contributed by atoms with Crippen molar-refractivity contribution in [3.8, 4) is 0 Å². The lowest BCUT2D eigenvalue weighted by molar-refractivity contribution is -0.0816. The summed E-state index contributed by atoms with van der Waals surface area (Å²) in [6, 6.07) is 11.1. The molecule has 1 N–H and O–H groups in total. The lowest BCUT2D eigenvalue weighted by Crippen LogP contribution is -2.61. The van der Waals surface area contributed by atoms with E-state index in [9.17, 15) is 0 Å². The van der Waals surface area contributed by atoms with Crippen LogP contribution in [0.4, 0.5) is 0 Å². The zero-order valence-corrected chi connectivity index (χ0v) is 12.8. The Morgan fingerprint density at radius 1 is 1.30 bits per heavy atom. The second-order valence-electron chi connectivity index (χ2n) is 6.78. The summed E-state index contributed by atoms with van der Waals surface area (Å²) in [5.74, 6) is 0.825. The Kier molecular flexibility index (Phi) is 4.13. The molecule has 4 unspecified atom stereocenters. The zero-order valence-electron chi connectivity index (χ0n) is 12.8. The molecule has 1 aliphatic heterocycles. The van der Waals surface area contributed by atoms with Crippen LogP contribution >= 0.6 is 0 Å². The van der Waals surface area contributed by atoms with E-state index in [2.05, 4.69) is 49.5 Å². The molecule has 0 aromatic heterocycles. The van der Waals surface area contributed by atoms with Crippen molar-refractivity contribution in [2.45, 2.75) is 63.6 Å². The van der Waals surface area contributed by atoms with Gasteiger partial charge in [-0.2, -0.15) is 0 Å². The highest BCUT2D eigenvalue weighted by atomic mass is 16.5. The molecule has 1 saturated carbocycles. The Morgan fingerprint density at radius 3 is 2.80 bits per heavy atom. The Bertz CT molecular complexity index is 432. The summed E-state index contributed by atoms with van der Waals surface area (Å²) in [5, 5.41) is 3.97. The maximum absolute atomic E-state index is 6.35.